The Morgan fingerprint density at radius 3 is 2.39 bits per heavy atom. The van der Waals surface area contributed by atoms with Crippen molar-refractivity contribution in [2.75, 3.05) is 5.32 Å². The first kappa shape index (κ1) is 15.7. The van der Waals surface area contributed by atoms with Crippen LogP contribution in [0.25, 0.3) is 22.2 Å². The number of nitrogens with one attached hydrogen (secondary N) is 1. The first-order valence-electron chi connectivity index (χ1n) is 9.70. The lowest BCUT2D eigenvalue weighted by molar-refractivity contribution is 0.279. The molecule has 0 spiro atoms. The third kappa shape index (κ3) is 2.41. The Kier molecular flexibility index (Phi) is 3.29. The van der Waals surface area contributed by atoms with Crippen molar-refractivity contribution in [3.05, 3.63) is 53.3 Å². The maximum Gasteiger partial charge on any atom is 0.332 e. The number of hydrogen-bond donors (Lipinski definition) is 1. The number of anilines is 1. The highest BCUT2D eigenvalue weighted by molar-refractivity contribution is 5.78. The van der Waals surface area contributed by atoms with Crippen LogP contribution in [0.3, 0.4) is 0 Å². The third-order valence-electron chi connectivity index (χ3n) is 5.74. The fourth-order valence-corrected chi connectivity index (χ4v) is 4.09. The molecule has 1 N–H and O–H groups in total. The van der Waals surface area contributed by atoms with Crippen LogP contribution in [0.2, 0.25) is 0 Å². The van der Waals surface area contributed by atoms with E-state index in [0.29, 0.717) is 17.2 Å². The van der Waals surface area contributed by atoms with E-state index in [1.54, 1.807) is 12.4 Å². The Bertz CT molecular complexity index is 1250. The molecule has 4 aromatic rings. The molecule has 0 aliphatic heterocycles. The molecule has 0 bridgehead atoms. The molecule has 8 heteroatoms. The predicted molar refractivity (Wildman–Crippen MR) is 105 cm³/mol. The molecule has 140 valence electrons. The van der Waals surface area contributed by atoms with Crippen LogP contribution < -0.4 is 11.0 Å². The van der Waals surface area contributed by atoms with E-state index in [-0.39, 0.29) is 23.8 Å². The van der Waals surface area contributed by atoms with Crippen molar-refractivity contribution >= 4 is 28.1 Å². The topological polar surface area (TPSA) is 90.5 Å². The van der Waals surface area contributed by atoms with Gasteiger partial charge in [-0.25, -0.2) is 24.7 Å². The fourth-order valence-electron chi connectivity index (χ4n) is 4.09. The second kappa shape index (κ2) is 5.85. The van der Waals surface area contributed by atoms with Gasteiger partial charge < -0.3 is 5.32 Å². The number of fused-ring (bicyclic) bond motifs is 2. The molecule has 2 aliphatic carbocycles. The van der Waals surface area contributed by atoms with Crippen molar-refractivity contribution in [1.82, 2.24) is 29.1 Å². The van der Waals surface area contributed by atoms with Gasteiger partial charge in [0.25, 0.3) is 0 Å². The SMILES string of the molecule is O=c1n(C2CC2)c2nccnc2n1C1CC(Nc2ncc3ccccc3n2)C1. The highest BCUT2D eigenvalue weighted by Crippen LogP contribution is 2.38. The van der Waals surface area contributed by atoms with Gasteiger partial charge >= 0.3 is 5.69 Å². The first-order valence-corrected chi connectivity index (χ1v) is 9.70. The van der Waals surface area contributed by atoms with Gasteiger partial charge in [0.2, 0.25) is 5.95 Å². The summed E-state index contributed by atoms with van der Waals surface area (Å²) >= 11 is 0. The second-order valence-corrected chi connectivity index (χ2v) is 7.68. The molecule has 0 amide bonds. The highest BCUT2D eigenvalue weighted by Gasteiger charge is 2.37. The van der Waals surface area contributed by atoms with Crippen LogP contribution >= 0.6 is 0 Å². The summed E-state index contributed by atoms with van der Waals surface area (Å²) in [7, 11) is 0. The van der Waals surface area contributed by atoms with Crippen LogP contribution in [0.1, 0.15) is 37.8 Å². The number of imidazole rings is 1. The average molecular weight is 373 g/mol. The van der Waals surface area contributed by atoms with Crippen LogP contribution in [-0.2, 0) is 0 Å². The molecule has 0 radical (unpaired) electrons. The predicted octanol–water partition coefficient (Wildman–Crippen LogP) is 2.69. The maximum absolute atomic E-state index is 13.0. The lowest BCUT2D eigenvalue weighted by atomic mass is 9.86. The summed E-state index contributed by atoms with van der Waals surface area (Å²) < 4.78 is 3.66. The standard InChI is InChI=1S/C20H19N7O/c28-20-26(14-5-6-14)17-18(22-8-7-21-17)27(20)15-9-13(10-15)24-19-23-11-12-3-1-2-4-16(12)25-19/h1-4,7-8,11,13-15H,5-6,9-10H2,(H,23,24,25). The van der Waals surface area contributed by atoms with Crippen LogP contribution in [0.15, 0.2) is 47.7 Å². The molecule has 2 fully saturated rings. The fraction of sp³-hybridized carbons (Fsp3) is 0.350. The third-order valence-corrected chi connectivity index (χ3v) is 5.74. The summed E-state index contributed by atoms with van der Waals surface area (Å²) in [4.78, 5) is 30.9. The Balaban J connectivity index is 1.25. The van der Waals surface area contributed by atoms with E-state index >= 15 is 0 Å². The Morgan fingerprint density at radius 1 is 0.929 bits per heavy atom. The summed E-state index contributed by atoms with van der Waals surface area (Å²) in [6.45, 7) is 0. The van der Waals surface area contributed by atoms with Gasteiger partial charge in [-0.15, -0.1) is 0 Å². The molecule has 3 heterocycles. The molecule has 0 unspecified atom stereocenters. The van der Waals surface area contributed by atoms with Crippen molar-refractivity contribution in [1.29, 1.82) is 0 Å². The van der Waals surface area contributed by atoms with Gasteiger partial charge in [-0.3, -0.25) is 9.13 Å². The zero-order chi connectivity index (χ0) is 18.7. The molecule has 0 saturated heterocycles. The molecule has 3 aromatic heterocycles. The molecule has 8 nitrogen and oxygen atoms in total. The van der Waals surface area contributed by atoms with Gasteiger partial charge in [-0.05, 0) is 31.7 Å². The lowest BCUT2D eigenvalue weighted by Gasteiger charge is -2.36. The summed E-state index contributed by atoms with van der Waals surface area (Å²) in [6, 6.07) is 8.60. The summed E-state index contributed by atoms with van der Waals surface area (Å²) in [5.41, 5.74) is 2.36. The number of hydrogen-bond acceptors (Lipinski definition) is 6. The number of nitrogens with zero attached hydrogens (tertiary/aromatic N) is 6. The van der Waals surface area contributed by atoms with Crippen molar-refractivity contribution < 1.29 is 0 Å². The maximum atomic E-state index is 13.0. The number of rotatable bonds is 4. The smallest absolute Gasteiger partial charge is 0.332 e. The quantitative estimate of drug-likeness (QED) is 0.591. The first-order chi connectivity index (χ1) is 13.8. The van der Waals surface area contributed by atoms with Crippen molar-refractivity contribution in [3.8, 4) is 0 Å². The lowest BCUT2D eigenvalue weighted by Crippen LogP contribution is -2.41. The van der Waals surface area contributed by atoms with Gasteiger partial charge in [0.15, 0.2) is 11.3 Å². The van der Waals surface area contributed by atoms with Gasteiger partial charge in [0.05, 0.1) is 5.52 Å². The van der Waals surface area contributed by atoms with Gasteiger partial charge in [-0.1, -0.05) is 18.2 Å². The van der Waals surface area contributed by atoms with Gasteiger partial charge in [0.1, 0.15) is 0 Å². The van der Waals surface area contributed by atoms with Crippen LogP contribution in [0, 0.1) is 0 Å². The van der Waals surface area contributed by atoms with Crippen LogP contribution in [0.4, 0.5) is 5.95 Å². The average Bonchev–Trinajstić information content (AvgIpc) is 3.48. The molecule has 6 rings (SSSR count). The second-order valence-electron chi connectivity index (χ2n) is 7.68. The minimum absolute atomic E-state index is 0.0223. The van der Waals surface area contributed by atoms with Crippen LogP contribution in [0.5, 0.6) is 0 Å². The molecule has 28 heavy (non-hydrogen) atoms. The van der Waals surface area contributed by atoms with Crippen molar-refractivity contribution in [2.24, 2.45) is 0 Å². The highest BCUT2D eigenvalue weighted by atomic mass is 16.2. The van der Waals surface area contributed by atoms with Gasteiger partial charge in [-0.2, -0.15) is 0 Å². The van der Waals surface area contributed by atoms with E-state index in [2.05, 4.69) is 25.3 Å². The summed E-state index contributed by atoms with van der Waals surface area (Å²) in [5, 5.41) is 4.42. The summed E-state index contributed by atoms with van der Waals surface area (Å²) in [6.07, 6.45) is 8.94. The monoisotopic (exact) mass is 373 g/mol. The number of benzene rings is 1. The van der Waals surface area contributed by atoms with E-state index in [4.69, 9.17) is 0 Å². The van der Waals surface area contributed by atoms with Crippen molar-refractivity contribution in [2.45, 2.75) is 43.8 Å². The van der Waals surface area contributed by atoms with Gasteiger partial charge in [0, 0.05) is 42.1 Å². The Hall–Kier alpha value is -3.29. The van der Waals surface area contributed by atoms with E-state index in [9.17, 15) is 4.79 Å². The minimum Gasteiger partial charge on any atom is -0.351 e. The zero-order valence-electron chi connectivity index (χ0n) is 15.2. The molecule has 0 atom stereocenters. The van der Waals surface area contributed by atoms with E-state index in [1.165, 1.54) is 0 Å². The van der Waals surface area contributed by atoms with E-state index in [0.717, 1.165) is 36.6 Å². The zero-order valence-corrected chi connectivity index (χ0v) is 15.2. The van der Waals surface area contributed by atoms with Crippen LogP contribution in [-0.4, -0.2) is 35.1 Å². The Morgan fingerprint density at radius 2 is 1.64 bits per heavy atom. The summed E-state index contributed by atoms with van der Waals surface area (Å²) in [5.74, 6) is 0.634. The molecule has 2 aliphatic rings. The largest absolute Gasteiger partial charge is 0.351 e. The van der Waals surface area contributed by atoms with Crippen molar-refractivity contribution in [3.63, 3.8) is 0 Å². The number of aromatic nitrogens is 6. The van der Waals surface area contributed by atoms with E-state index < -0.39 is 0 Å². The molecule has 1 aromatic carbocycles. The Labute approximate surface area is 160 Å². The van der Waals surface area contributed by atoms with E-state index in [1.807, 2.05) is 39.6 Å². The molecular formula is C20H19N7O. The number of para-hydroxylation sites is 1. The molecule has 2 saturated carbocycles. The molecular weight excluding hydrogens is 354 g/mol. The minimum atomic E-state index is 0.0223. The normalized spacial score (nSPS) is 21.7.